The Morgan fingerprint density at radius 3 is 1.88 bits per heavy atom. The van der Waals surface area contributed by atoms with Crippen LogP contribution in [0.2, 0.25) is 0 Å². The maximum Gasteiger partial charge on any atom is 0.240 e. The first-order valence-corrected chi connectivity index (χ1v) is 9.68. The van der Waals surface area contributed by atoms with Gasteiger partial charge in [-0.2, -0.15) is 0 Å². The Morgan fingerprint density at radius 1 is 0.960 bits per heavy atom. The first kappa shape index (κ1) is 20.7. The Kier molecular flexibility index (Phi) is 6.76. The van der Waals surface area contributed by atoms with E-state index in [0.29, 0.717) is 0 Å². The number of benzene rings is 2. The number of hydrogen-bond donors (Lipinski definition) is 3. The smallest absolute Gasteiger partial charge is 0.240 e. The summed E-state index contributed by atoms with van der Waals surface area (Å²) in [7, 11) is -7.57. The Hall–Kier alpha value is -2.34. The molecule has 2 rings (SSSR count). The number of sulfonamides is 2. The molecule has 11 heteroatoms. The molecular formula is C14H16FN3O5S2. The van der Waals surface area contributed by atoms with Gasteiger partial charge in [0.15, 0.2) is 0 Å². The van der Waals surface area contributed by atoms with E-state index in [1.165, 1.54) is 25.1 Å². The van der Waals surface area contributed by atoms with Gasteiger partial charge in [-0.05, 0) is 30.3 Å². The van der Waals surface area contributed by atoms with Crippen molar-refractivity contribution in [1.82, 2.24) is 0 Å². The molecule has 0 aliphatic rings. The lowest BCUT2D eigenvalue weighted by molar-refractivity contribution is -0.114. The molecule has 136 valence electrons. The van der Waals surface area contributed by atoms with Gasteiger partial charge in [0.05, 0.1) is 4.90 Å². The third-order valence-corrected chi connectivity index (χ3v) is 4.50. The van der Waals surface area contributed by atoms with Crippen LogP contribution in [0.15, 0.2) is 58.3 Å². The van der Waals surface area contributed by atoms with Crippen molar-refractivity contribution in [3.63, 3.8) is 0 Å². The molecule has 0 aromatic heterocycles. The van der Waals surface area contributed by atoms with Crippen molar-refractivity contribution in [1.29, 1.82) is 0 Å². The minimum atomic E-state index is -4.07. The number of hydrogen-bond acceptors (Lipinski definition) is 5. The summed E-state index contributed by atoms with van der Waals surface area (Å²) < 4.78 is 56.1. The molecule has 0 fully saturated rings. The van der Waals surface area contributed by atoms with Crippen LogP contribution in [0, 0.1) is 5.82 Å². The van der Waals surface area contributed by atoms with Crippen LogP contribution in [-0.2, 0) is 24.8 Å². The number of carbonyl (C=O) groups is 1. The van der Waals surface area contributed by atoms with E-state index in [2.05, 4.69) is 5.32 Å². The van der Waals surface area contributed by atoms with Crippen molar-refractivity contribution in [3.8, 4) is 0 Å². The second-order valence-electron chi connectivity index (χ2n) is 4.73. The van der Waals surface area contributed by atoms with Crippen LogP contribution in [0.4, 0.5) is 10.1 Å². The maximum atomic E-state index is 13.2. The van der Waals surface area contributed by atoms with E-state index in [0.717, 1.165) is 12.1 Å². The monoisotopic (exact) mass is 389 g/mol. The van der Waals surface area contributed by atoms with Gasteiger partial charge in [0.25, 0.3) is 0 Å². The van der Waals surface area contributed by atoms with Crippen LogP contribution in [-0.4, -0.2) is 22.7 Å². The molecule has 2 aromatic rings. The Bertz CT molecular complexity index is 961. The first-order chi connectivity index (χ1) is 11.4. The predicted octanol–water partition coefficient (Wildman–Crippen LogP) is 0.765. The standard InChI is InChI=1S/C8H9FN2O3S.C6H7NO2S/c1-5(12)11-6-2-3-8(7(9)4-6)15(10,13)14;7-10(8,9)6-4-2-1-3-5-6/h2-4H,1H3,(H,11,12)(H2,10,13,14);1-5H,(H2,7,8,9). The lowest BCUT2D eigenvalue weighted by atomic mass is 10.3. The van der Waals surface area contributed by atoms with Crippen molar-refractivity contribution < 1.29 is 26.0 Å². The highest BCUT2D eigenvalue weighted by molar-refractivity contribution is 7.89. The number of nitrogens with two attached hydrogens (primary N) is 2. The maximum absolute atomic E-state index is 13.2. The van der Waals surface area contributed by atoms with Gasteiger partial charge in [-0.1, -0.05) is 18.2 Å². The molecular weight excluding hydrogens is 373 g/mol. The van der Waals surface area contributed by atoms with E-state index < -0.39 is 30.8 Å². The summed E-state index contributed by atoms with van der Waals surface area (Å²) in [5.74, 6) is -1.37. The number of halogens is 1. The summed E-state index contributed by atoms with van der Waals surface area (Å²) in [4.78, 5) is 10.2. The van der Waals surface area contributed by atoms with E-state index >= 15 is 0 Å². The molecule has 0 heterocycles. The van der Waals surface area contributed by atoms with Crippen LogP contribution in [0.3, 0.4) is 0 Å². The highest BCUT2D eigenvalue weighted by atomic mass is 32.2. The van der Waals surface area contributed by atoms with E-state index in [1.807, 2.05) is 0 Å². The predicted molar refractivity (Wildman–Crippen MR) is 89.9 cm³/mol. The molecule has 0 saturated heterocycles. The SMILES string of the molecule is CC(=O)Nc1ccc(S(N)(=O)=O)c(F)c1.NS(=O)(=O)c1ccccc1. The molecule has 0 saturated carbocycles. The van der Waals surface area contributed by atoms with Crippen LogP contribution in [0.5, 0.6) is 0 Å². The van der Waals surface area contributed by atoms with E-state index in [9.17, 15) is 26.0 Å². The third kappa shape index (κ3) is 6.97. The fourth-order valence-electron chi connectivity index (χ4n) is 1.62. The molecule has 1 amide bonds. The zero-order valence-corrected chi connectivity index (χ0v) is 14.6. The quantitative estimate of drug-likeness (QED) is 0.708. The Morgan fingerprint density at radius 2 is 1.52 bits per heavy atom. The van der Waals surface area contributed by atoms with Gasteiger partial charge >= 0.3 is 0 Å². The highest BCUT2D eigenvalue weighted by Crippen LogP contribution is 2.17. The van der Waals surface area contributed by atoms with E-state index in [1.54, 1.807) is 18.2 Å². The largest absolute Gasteiger partial charge is 0.326 e. The van der Waals surface area contributed by atoms with Crippen LogP contribution < -0.4 is 15.6 Å². The first-order valence-electron chi connectivity index (χ1n) is 6.59. The minimum absolute atomic E-state index is 0.148. The Balaban J connectivity index is 0.000000271. The molecule has 0 aliphatic heterocycles. The van der Waals surface area contributed by atoms with Gasteiger partial charge in [-0.3, -0.25) is 4.79 Å². The number of nitrogens with one attached hydrogen (secondary N) is 1. The van der Waals surface area contributed by atoms with E-state index in [-0.39, 0.29) is 16.5 Å². The average Bonchev–Trinajstić information content (AvgIpc) is 2.46. The topological polar surface area (TPSA) is 149 Å². The zero-order chi connectivity index (χ0) is 19.3. The fraction of sp³-hybridized carbons (Fsp3) is 0.0714. The van der Waals surface area contributed by atoms with Crippen molar-refractivity contribution in [2.75, 3.05) is 5.32 Å². The van der Waals surface area contributed by atoms with Gasteiger partial charge in [0.1, 0.15) is 10.7 Å². The molecule has 5 N–H and O–H groups in total. The van der Waals surface area contributed by atoms with Gasteiger partial charge in [-0.15, -0.1) is 0 Å². The summed E-state index contributed by atoms with van der Waals surface area (Å²) in [6.45, 7) is 1.26. The molecule has 0 bridgehead atoms. The highest BCUT2D eigenvalue weighted by Gasteiger charge is 2.14. The summed E-state index contributed by atoms with van der Waals surface area (Å²) in [6, 6.07) is 11.0. The fourth-order valence-corrected chi connectivity index (χ4v) is 2.75. The molecule has 8 nitrogen and oxygen atoms in total. The van der Waals surface area contributed by atoms with Gasteiger partial charge in [0.2, 0.25) is 26.0 Å². The number of primary sulfonamides is 2. The summed E-state index contributed by atoms with van der Waals surface area (Å²) >= 11 is 0. The van der Waals surface area contributed by atoms with Crippen molar-refractivity contribution in [2.45, 2.75) is 16.7 Å². The van der Waals surface area contributed by atoms with E-state index in [4.69, 9.17) is 10.3 Å². The van der Waals surface area contributed by atoms with Gasteiger partial charge in [0, 0.05) is 12.6 Å². The van der Waals surface area contributed by atoms with Crippen LogP contribution in [0.25, 0.3) is 0 Å². The third-order valence-electron chi connectivity index (χ3n) is 2.63. The molecule has 0 radical (unpaired) electrons. The number of amides is 1. The molecule has 2 aromatic carbocycles. The molecule has 0 atom stereocenters. The lowest BCUT2D eigenvalue weighted by Gasteiger charge is -2.04. The van der Waals surface area contributed by atoms with Gasteiger partial charge < -0.3 is 5.32 Å². The van der Waals surface area contributed by atoms with Crippen molar-refractivity contribution >= 4 is 31.6 Å². The number of carbonyl (C=O) groups excluding carboxylic acids is 1. The average molecular weight is 389 g/mol. The van der Waals surface area contributed by atoms with Crippen molar-refractivity contribution in [2.24, 2.45) is 10.3 Å². The second kappa shape index (κ2) is 8.16. The normalized spacial score (nSPS) is 11.2. The van der Waals surface area contributed by atoms with Crippen LogP contribution in [0.1, 0.15) is 6.92 Å². The number of anilines is 1. The summed E-state index contributed by atoms with van der Waals surface area (Å²) in [5.41, 5.74) is 0.174. The molecule has 25 heavy (non-hydrogen) atoms. The lowest BCUT2D eigenvalue weighted by Crippen LogP contribution is -2.14. The van der Waals surface area contributed by atoms with Gasteiger partial charge in [-0.25, -0.2) is 31.5 Å². The second-order valence-corrected chi connectivity index (χ2v) is 7.82. The minimum Gasteiger partial charge on any atom is -0.326 e. The molecule has 0 aliphatic carbocycles. The molecule has 0 unspecified atom stereocenters. The Labute approximate surface area is 144 Å². The summed E-state index contributed by atoms with van der Waals surface area (Å²) in [5, 5.41) is 11.9. The zero-order valence-electron chi connectivity index (χ0n) is 13.0. The molecule has 0 spiro atoms. The van der Waals surface area contributed by atoms with Crippen molar-refractivity contribution in [3.05, 3.63) is 54.3 Å². The number of rotatable bonds is 3. The summed E-state index contributed by atoms with van der Waals surface area (Å²) in [6.07, 6.45) is 0. The van der Waals surface area contributed by atoms with Crippen LogP contribution >= 0.6 is 0 Å².